The third-order valence-corrected chi connectivity index (χ3v) is 2.79. The van der Waals surface area contributed by atoms with Crippen LogP contribution in [0.15, 0.2) is 0 Å². The number of carboxylic acids is 1. The van der Waals surface area contributed by atoms with Crippen molar-refractivity contribution >= 4 is 11.9 Å². The topological polar surface area (TPSA) is 66.8 Å². The van der Waals surface area contributed by atoms with E-state index in [0.29, 0.717) is 13.0 Å². The molecule has 0 aromatic heterocycles. The summed E-state index contributed by atoms with van der Waals surface area (Å²) in [6, 6.07) is -0.997. The van der Waals surface area contributed by atoms with Gasteiger partial charge < -0.3 is 14.7 Å². The summed E-state index contributed by atoms with van der Waals surface area (Å²) in [7, 11) is 0. The molecule has 1 heterocycles. The molecule has 1 aliphatic heterocycles. The Morgan fingerprint density at radius 2 is 2.06 bits per heavy atom. The lowest BCUT2D eigenvalue weighted by atomic mass is 10.0. The van der Waals surface area contributed by atoms with Gasteiger partial charge >= 0.3 is 5.97 Å². The summed E-state index contributed by atoms with van der Waals surface area (Å²) in [5.74, 6) is -1.21. The van der Waals surface area contributed by atoms with Gasteiger partial charge in [0.15, 0.2) is 6.04 Å². The normalized spacial score (nSPS) is 22.1. The van der Waals surface area contributed by atoms with E-state index in [4.69, 9.17) is 4.74 Å². The first-order valence-electron chi connectivity index (χ1n) is 5.58. The Morgan fingerprint density at radius 3 is 2.38 bits per heavy atom. The van der Waals surface area contributed by atoms with Crippen LogP contribution in [0.1, 0.15) is 33.6 Å². The number of aliphatic carboxylic acids is 1. The van der Waals surface area contributed by atoms with Crippen molar-refractivity contribution in [3.8, 4) is 0 Å². The maximum absolute atomic E-state index is 11.5. The summed E-state index contributed by atoms with van der Waals surface area (Å²) in [4.78, 5) is 24.1. The minimum atomic E-state index is -0.990. The van der Waals surface area contributed by atoms with E-state index in [9.17, 15) is 14.7 Å². The van der Waals surface area contributed by atoms with Gasteiger partial charge in [-0.15, -0.1) is 0 Å². The average Bonchev–Trinajstić information content (AvgIpc) is 2.64. The molecule has 16 heavy (non-hydrogen) atoms. The van der Waals surface area contributed by atoms with Gasteiger partial charge in [-0.1, -0.05) is 0 Å². The van der Waals surface area contributed by atoms with Gasteiger partial charge in [0.1, 0.15) is 0 Å². The van der Waals surface area contributed by atoms with Crippen LogP contribution in [0.25, 0.3) is 0 Å². The van der Waals surface area contributed by atoms with Crippen molar-refractivity contribution in [3.05, 3.63) is 0 Å². The Hall–Kier alpha value is -1.10. The van der Waals surface area contributed by atoms with E-state index in [0.717, 1.165) is 6.42 Å². The number of carbonyl (C=O) groups excluding carboxylic acids is 1. The maximum Gasteiger partial charge on any atom is 0.329 e. The number of rotatable bonds is 4. The zero-order chi connectivity index (χ0) is 12.3. The molecule has 1 aliphatic rings. The second kappa shape index (κ2) is 5.30. The molecule has 0 aromatic carbocycles. The number of hydrogen-bond acceptors (Lipinski definition) is 3. The lowest BCUT2D eigenvalue weighted by molar-refractivity contribution is -0.157. The van der Waals surface area contributed by atoms with E-state index in [1.807, 2.05) is 13.8 Å². The fraction of sp³-hybridized carbons (Fsp3) is 0.818. The van der Waals surface area contributed by atoms with Gasteiger partial charge in [-0.25, -0.2) is 4.79 Å². The van der Waals surface area contributed by atoms with Gasteiger partial charge in [0.05, 0.1) is 6.10 Å². The van der Waals surface area contributed by atoms with Crippen molar-refractivity contribution in [2.24, 2.45) is 0 Å². The van der Waals surface area contributed by atoms with Crippen LogP contribution in [0.2, 0.25) is 0 Å². The first kappa shape index (κ1) is 13.0. The molecule has 0 saturated carbocycles. The Balaban J connectivity index is 2.89. The predicted molar refractivity (Wildman–Crippen MR) is 58.1 cm³/mol. The van der Waals surface area contributed by atoms with Crippen LogP contribution >= 0.6 is 0 Å². The van der Waals surface area contributed by atoms with Crippen molar-refractivity contribution in [3.63, 3.8) is 0 Å². The molecule has 2 atom stereocenters. The molecule has 2 unspecified atom stereocenters. The highest BCUT2D eigenvalue weighted by Crippen LogP contribution is 2.21. The van der Waals surface area contributed by atoms with Gasteiger partial charge in [0, 0.05) is 19.6 Å². The summed E-state index contributed by atoms with van der Waals surface area (Å²) in [5.41, 5.74) is 0. The first-order chi connectivity index (χ1) is 7.45. The fourth-order valence-corrected chi connectivity index (χ4v) is 2.19. The van der Waals surface area contributed by atoms with Crippen LogP contribution in [0.4, 0.5) is 0 Å². The van der Waals surface area contributed by atoms with E-state index >= 15 is 0 Å². The number of carbonyl (C=O) groups is 2. The molecule has 1 fully saturated rings. The van der Waals surface area contributed by atoms with Gasteiger partial charge in [0.25, 0.3) is 0 Å². The lowest BCUT2D eigenvalue weighted by Crippen LogP contribution is -2.53. The SMILES string of the molecule is CC(=O)N(C(C)C)C(C(=O)O)C1CCCO1. The van der Waals surface area contributed by atoms with Crippen molar-refractivity contribution in [2.45, 2.75) is 51.8 Å². The third-order valence-electron chi connectivity index (χ3n) is 2.79. The highest BCUT2D eigenvalue weighted by atomic mass is 16.5. The Labute approximate surface area is 95.4 Å². The van der Waals surface area contributed by atoms with Crippen LogP contribution in [0.5, 0.6) is 0 Å². The molecule has 1 rings (SSSR count). The second-order valence-corrected chi connectivity index (χ2v) is 4.35. The standard InChI is InChI=1S/C11H19NO4/c1-7(2)12(8(3)13)10(11(14)15)9-5-4-6-16-9/h7,9-10H,4-6H2,1-3H3,(H,14,15). The molecule has 0 radical (unpaired) electrons. The van der Waals surface area contributed by atoms with Crippen LogP contribution in [-0.4, -0.2) is 46.7 Å². The van der Waals surface area contributed by atoms with Gasteiger partial charge in [-0.3, -0.25) is 4.79 Å². The Morgan fingerprint density at radius 1 is 1.44 bits per heavy atom. The van der Waals surface area contributed by atoms with Crippen LogP contribution < -0.4 is 0 Å². The zero-order valence-corrected chi connectivity index (χ0v) is 9.97. The molecule has 0 aromatic rings. The van der Waals surface area contributed by atoms with Gasteiger partial charge in [-0.05, 0) is 26.7 Å². The van der Waals surface area contributed by atoms with Crippen molar-refractivity contribution in [2.75, 3.05) is 6.61 Å². The van der Waals surface area contributed by atoms with E-state index in [2.05, 4.69) is 0 Å². The summed E-state index contributed by atoms with van der Waals surface area (Å²) in [6.07, 6.45) is 1.19. The third kappa shape index (κ3) is 2.72. The molecule has 5 nitrogen and oxygen atoms in total. The summed E-state index contributed by atoms with van der Waals surface area (Å²) < 4.78 is 5.38. The monoisotopic (exact) mass is 229 g/mol. The molecule has 5 heteroatoms. The molecule has 1 amide bonds. The van der Waals surface area contributed by atoms with Crippen molar-refractivity contribution < 1.29 is 19.4 Å². The number of ether oxygens (including phenoxy) is 1. The maximum atomic E-state index is 11.5. The zero-order valence-electron chi connectivity index (χ0n) is 9.97. The van der Waals surface area contributed by atoms with E-state index in [-0.39, 0.29) is 18.1 Å². The number of hydrogen-bond donors (Lipinski definition) is 1. The minimum Gasteiger partial charge on any atom is -0.480 e. The minimum absolute atomic E-state index is 0.136. The summed E-state index contributed by atoms with van der Waals surface area (Å²) in [5, 5.41) is 9.23. The molecule has 1 N–H and O–H groups in total. The van der Waals surface area contributed by atoms with Gasteiger partial charge in [0.2, 0.25) is 5.91 Å². The summed E-state index contributed by atoms with van der Waals surface area (Å²) in [6.45, 7) is 5.60. The quantitative estimate of drug-likeness (QED) is 0.777. The highest BCUT2D eigenvalue weighted by Gasteiger charge is 2.38. The number of carboxylic acid groups (broad SMARTS) is 1. The Kier molecular flexibility index (Phi) is 4.29. The number of amides is 1. The predicted octanol–water partition coefficient (Wildman–Crippen LogP) is 0.875. The largest absolute Gasteiger partial charge is 0.480 e. The molecule has 92 valence electrons. The van der Waals surface area contributed by atoms with Gasteiger partial charge in [-0.2, -0.15) is 0 Å². The first-order valence-corrected chi connectivity index (χ1v) is 5.58. The molecular formula is C11H19NO4. The molecule has 1 saturated heterocycles. The average molecular weight is 229 g/mol. The fourth-order valence-electron chi connectivity index (χ4n) is 2.19. The van der Waals surface area contributed by atoms with Crippen LogP contribution in [0.3, 0.4) is 0 Å². The van der Waals surface area contributed by atoms with E-state index in [1.54, 1.807) is 0 Å². The smallest absolute Gasteiger partial charge is 0.329 e. The second-order valence-electron chi connectivity index (χ2n) is 4.35. The molecule has 0 bridgehead atoms. The van der Waals surface area contributed by atoms with E-state index in [1.165, 1.54) is 11.8 Å². The summed E-state index contributed by atoms with van der Waals surface area (Å²) >= 11 is 0. The van der Waals surface area contributed by atoms with Crippen LogP contribution in [0, 0.1) is 0 Å². The molecule has 0 aliphatic carbocycles. The lowest BCUT2D eigenvalue weighted by Gasteiger charge is -2.34. The van der Waals surface area contributed by atoms with Crippen molar-refractivity contribution in [1.29, 1.82) is 0 Å². The van der Waals surface area contributed by atoms with Crippen LogP contribution in [-0.2, 0) is 14.3 Å². The number of nitrogens with zero attached hydrogens (tertiary/aromatic N) is 1. The molecular weight excluding hydrogens is 210 g/mol. The highest BCUT2D eigenvalue weighted by molar-refractivity contribution is 5.83. The van der Waals surface area contributed by atoms with E-state index < -0.39 is 12.0 Å². The Bertz CT molecular complexity index is 271. The van der Waals surface area contributed by atoms with Crippen molar-refractivity contribution in [1.82, 2.24) is 4.90 Å². The molecule has 0 spiro atoms.